The van der Waals surface area contributed by atoms with Crippen LogP contribution in [0.1, 0.15) is 0 Å². The molecule has 0 bridgehead atoms. The first-order valence-electron chi connectivity index (χ1n) is 1.35. The van der Waals surface area contributed by atoms with E-state index in [1.807, 2.05) is 0 Å². The van der Waals surface area contributed by atoms with E-state index in [9.17, 15) is 0 Å². The normalized spacial score (nSPS) is 6.33. The summed E-state index contributed by atoms with van der Waals surface area (Å²) in [4.78, 5) is 20.2. The molecule has 0 saturated carbocycles. The Morgan fingerprint density at radius 3 is 1.56 bits per heavy atom. The van der Waals surface area contributed by atoms with Crippen molar-refractivity contribution < 1.29 is 20.3 Å². The first-order chi connectivity index (χ1) is 4.00. The van der Waals surface area contributed by atoms with E-state index < -0.39 is 10.2 Å². The number of nitrogens with zero attached hydrogens (tertiary/aromatic N) is 2. The van der Waals surface area contributed by atoms with Crippen LogP contribution in [-0.2, 0) is 4.94 Å². The highest BCUT2D eigenvalue weighted by molar-refractivity contribution is 3.85. The maximum absolute atomic E-state index is 8.83. The maximum Gasteiger partial charge on any atom is 0.311 e. The summed E-state index contributed by atoms with van der Waals surface area (Å²) in [5.74, 6) is 3.97. The molecule has 0 aromatic heterocycles. The van der Waals surface area contributed by atoms with Gasteiger partial charge in [0.25, 0.3) is 5.09 Å². The van der Waals surface area contributed by atoms with Crippen molar-refractivity contribution in [2.45, 2.75) is 0 Å². The first kappa shape index (κ1) is 10.4. The summed E-state index contributed by atoms with van der Waals surface area (Å²) in [6.45, 7) is 0. The fraction of sp³-hybridized carbons (Fsp3) is 0. The predicted octanol–water partition coefficient (Wildman–Crippen LogP) is -1.28. The molecule has 0 atom stereocenters. The highest BCUT2D eigenvalue weighted by atomic mass is 17.0. The van der Waals surface area contributed by atoms with Gasteiger partial charge < -0.3 is 5.21 Å². The van der Waals surface area contributed by atoms with Gasteiger partial charge in [-0.1, -0.05) is 0 Å². The third-order valence-corrected chi connectivity index (χ3v) is 0.0861. The van der Waals surface area contributed by atoms with Gasteiger partial charge in [0.2, 0.25) is 0 Å². The molecular formula is H3N3O6. The highest BCUT2D eigenvalue weighted by Crippen LogP contribution is 1.52. The Morgan fingerprint density at radius 1 is 1.44 bits per heavy atom. The Morgan fingerprint density at radius 2 is 1.56 bits per heavy atom. The van der Waals surface area contributed by atoms with Crippen LogP contribution in [0.2, 0.25) is 0 Å². The van der Waals surface area contributed by atoms with Crippen molar-refractivity contribution >= 4 is 0 Å². The molecule has 9 heteroatoms. The standard InChI is InChI=1S/H2N2O3.HNO3/c1-5-2(3)4;2-1(3)4/h1H2;(H,2,3,4). The summed E-state index contributed by atoms with van der Waals surface area (Å²) < 4.78 is 0. The van der Waals surface area contributed by atoms with Gasteiger partial charge in [0.15, 0.2) is 0 Å². The molecule has 0 heterocycles. The maximum atomic E-state index is 8.83. The van der Waals surface area contributed by atoms with E-state index in [4.69, 9.17) is 25.4 Å². The molecule has 0 fully saturated rings. The molecule has 0 amide bonds. The van der Waals surface area contributed by atoms with Gasteiger partial charge in [0.1, 0.15) is 0 Å². The molecular weight excluding hydrogens is 138 g/mol. The second kappa shape index (κ2) is 6.36. The molecule has 9 nitrogen and oxygen atoms in total. The number of rotatable bonds is 1. The molecule has 54 valence electrons. The summed E-state index contributed by atoms with van der Waals surface area (Å²) in [6, 6.07) is 0. The minimum atomic E-state index is -1.50. The van der Waals surface area contributed by atoms with Crippen LogP contribution in [0.5, 0.6) is 0 Å². The van der Waals surface area contributed by atoms with Crippen molar-refractivity contribution in [1.29, 1.82) is 0 Å². The van der Waals surface area contributed by atoms with Gasteiger partial charge in [0, 0.05) is 0 Å². The molecule has 0 radical (unpaired) electrons. The number of hydrogen-bond donors (Lipinski definition) is 2. The minimum absolute atomic E-state index is 1.10. The van der Waals surface area contributed by atoms with E-state index in [0.29, 0.717) is 0 Å². The van der Waals surface area contributed by atoms with Gasteiger partial charge in [-0.3, -0.25) is 0 Å². The molecule has 3 N–H and O–H groups in total. The zero-order valence-electron chi connectivity index (χ0n) is 3.96. The first-order valence-corrected chi connectivity index (χ1v) is 1.35. The molecule has 0 rings (SSSR count). The topological polar surface area (TPSA) is 142 Å². The molecule has 9 heavy (non-hydrogen) atoms. The van der Waals surface area contributed by atoms with Crippen LogP contribution in [-0.4, -0.2) is 15.4 Å². The van der Waals surface area contributed by atoms with Gasteiger partial charge in [-0.25, -0.2) is 4.94 Å². The fourth-order valence-electron chi connectivity index (χ4n) is 0. The second-order valence-electron chi connectivity index (χ2n) is 0.567. The summed E-state index contributed by atoms with van der Waals surface area (Å²) in [5.41, 5.74) is 0. The van der Waals surface area contributed by atoms with Crippen LogP contribution < -0.4 is 5.90 Å². The van der Waals surface area contributed by atoms with Gasteiger partial charge in [0.05, 0.1) is 0 Å². The zero-order chi connectivity index (χ0) is 7.86. The Labute approximate surface area is 47.8 Å². The Kier molecular flexibility index (Phi) is 7.32. The SMILES string of the molecule is NO[N+](=O)[O-].O=[N+]([O-])O. The summed E-state index contributed by atoms with van der Waals surface area (Å²) in [5, 5.41) is 21.4. The summed E-state index contributed by atoms with van der Waals surface area (Å²) >= 11 is 0. The molecule has 0 unspecified atom stereocenters. The van der Waals surface area contributed by atoms with Crippen molar-refractivity contribution in [2.24, 2.45) is 5.90 Å². The lowest BCUT2D eigenvalue weighted by Gasteiger charge is -1.74. The van der Waals surface area contributed by atoms with E-state index >= 15 is 0 Å². The van der Waals surface area contributed by atoms with E-state index in [1.54, 1.807) is 0 Å². The van der Waals surface area contributed by atoms with Gasteiger partial charge in [-0.15, -0.1) is 20.2 Å². The van der Waals surface area contributed by atoms with Crippen LogP contribution in [0.25, 0.3) is 0 Å². The van der Waals surface area contributed by atoms with Crippen molar-refractivity contribution in [3.63, 3.8) is 0 Å². The Hall–Kier alpha value is -1.64. The largest absolute Gasteiger partial charge is 0.328 e. The molecule has 0 aliphatic rings. The lowest BCUT2D eigenvalue weighted by atomic mass is 13.0. The molecule has 0 aromatic carbocycles. The van der Waals surface area contributed by atoms with Crippen LogP contribution in [0.4, 0.5) is 0 Å². The lowest BCUT2D eigenvalue weighted by Crippen LogP contribution is -2.05. The molecule has 0 aliphatic heterocycles. The predicted molar refractivity (Wildman–Crippen MR) is 21.0 cm³/mol. The van der Waals surface area contributed by atoms with Crippen LogP contribution in [0.3, 0.4) is 0 Å². The molecule has 0 aromatic rings. The monoisotopic (exact) mass is 141 g/mol. The van der Waals surface area contributed by atoms with E-state index in [2.05, 4.69) is 10.8 Å². The van der Waals surface area contributed by atoms with Gasteiger partial charge in [-0.2, -0.15) is 5.90 Å². The fourth-order valence-corrected chi connectivity index (χ4v) is 0. The van der Waals surface area contributed by atoms with Crippen LogP contribution in [0, 0.1) is 20.2 Å². The van der Waals surface area contributed by atoms with Crippen molar-refractivity contribution in [1.82, 2.24) is 0 Å². The average Bonchev–Trinajstić information content (AvgIpc) is 1.65. The highest BCUT2D eigenvalue weighted by Gasteiger charge is 1.78. The van der Waals surface area contributed by atoms with E-state index in [1.165, 1.54) is 0 Å². The molecule has 0 saturated heterocycles. The van der Waals surface area contributed by atoms with E-state index in [-0.39, 0.29) is 0 Å². The lowest BCUT2D eigenvalue weighted by molar-refractivity contribution is -0.762. The van der Waals surface area contributed by atoms with Gasteiger partial charge in [-0.05, 0) is 0 Å². The summed E-state index contributed by atoms with van der Waals surface area (Å²) in [6.07, 6.45) is 0. The average molecular weight is 141 g/mol. The van der Waals surface area contributed by atoms with Crippen molar-refractivity contribution in [3.05, 3.63) is 20.2 Å². The third-order valence-electron chi connectivity index (χ3n) is 0.0861. The zero-order valence-corrected chi connectivity index (χ0v) is 3.96. The summed E-state index contributed by atoms with van der Waals surface area (Å²) in [7, 11) is 0. The Balaban J connectivity index is 0. The van der Waals surface area contributed by atoms with E-state index in [0.717, 1.165) is 0 Å². The number of nitrogens with two attached hydrogens (primary N) is 1. The van der Waals surface area contributed by atoms with Gasteiger partial charge >= 0.3 is 5.09 Å². The van der Waals surface area contributed by atoms with Crippen LogP contribution in [0.15, 0.2) is 0 Å². The smallest absolute Gasteiger partial charge is 0.311 e. The third kappa shape index (κ3) is 933. The number of hydrogen-bond acceptors (Lipinski definition) is 6. The quantitative estimate of drug-likeness (QED) is 0.342. The Bertz CT molecular complexity index is 92.5. The molecule has 0 spiro atoms. The van der Waals surface area contributed by atoms with Crippen molar-refractivity contribution in [3.8, 4) is 0 Å². The second-order valence-corrected chi connectivity index (χ2v) is 0.567. The van der Waals surface area contributed by atoms with Crippen molar-refractivity contribution in [2.75, 3.05) is 0 Å². The van der Waals surface area contributed by atoms with Crippen LogP contribution >= 0.6 is 0 Å². The minimum Gasteiger partial charge on any atom is -0.328 e. The molecule has 0 aliphatic carbocycles.